The minimum Gasteiger partial charge on any atom is -0.497 e. The summed E-state index contributed by atoms with van der Waals surface area (Å²) in [6.07, 6.45) is -9.16. The van der Waals surface area contributed by atoms with E-state index in [1.165, 1.54) is 38.3 Å². The molecule has 0 aliphatic rings. The number of hydrogen-bond donors (Lipinski definition) is 0. The van der Waals surface area contributed by atoms with Crippen molar-refractivity contribution in [3.63, 3.8) is 0 Å². The normalized spacial score (nSPS) is 12.6. The van der Waals surface area contributed by atoms with Crippen LogP contribution in [0.1, 0.15) is 29.2 Å². The van der Waals surface area contributed by atoms with E-state index in [1.807, 2.05) is 0 Å². The van der Waals surface area contributed by atoms with Crippen molar-refractivity contribution in [2.45, 2.75) is 19.3 Å². The van der Waals surface area contributed by atoms with Crippen LogP contribution in [-0.2, 0) is 21.9 Å². The summed E-state index contributed by atoms with van der Waals surface area (Å²) >= 11 is 0. The summed E-state index contributed by atoms with van der Waals surface area (Å²) < 4.78 is 88.9. The number of halogens is 6. The molecule has 2 rings (SSSR count). The standard InChI is InChI=1S/C20H16F6O3/c1-3-29-18(27)11-17(12-4-6-16(28-2)7-5-12)13-8-14(19(21,22)23)10-15(9-13)20(24,25)26/h4-11H,3H2,1-2H3/b17-11+. The maximum atomic E-state index is 13.2. The average molecular weight is 418 g/mol. The van der Waals surface area contributed by atoms with Gasteiger partial charge in [0.1, 0.15) is 5.75 Å². The molecular formula is C20H16F6O3. The first-order valence-corrected chi connectivity index (χ1v) is 8.28. The number of benzene rings is 2. The van der Waals surface area contributed by atoms with Gasteiger partial charge in [-0.3, -0.25) is 0 Å². The van der Waals surface area contributed by atoms with Gasteiger partial charge < -0.3 is 9.47 Å². The lowest BCUT2D eigenvalue weighted by atomic mass is 9.93. The van der Waals surface area contributed by atoms with E-state index in [2.05, 4.69) is 0 Å². The van der Waals surface area contributed by atoms with Crippen molar-refractivity contribution in [3.8, 4) is 5.75 Å². The van der Waals surface area contributed by atoms with Gasteiger partial charge >= 0.3 is 18.3 Å². The van der Waals surface area contributed by atoms with Gasteiger partial charge in [0.15, 0.2) is 0 Å². The van der Waals surface area contributed by atoms with Crippen molar-refractivity contribution in [2.24, 2.45) is 0 Å². The molecule has 2 aromatic rings. The molecule has 0 heterocycles. The highest BCUT2D eigenvalue weighted by Crippen LogP contribution is 2.38. The molecule has 2 aromatic carbocycles. The molecule has 0 N–H and O–H groups in total. The number of alkyl halides is 6. The monoisotopic (exact) mass is 418 g/mol. The van der Waals surface area contributed by atoms with E-state index in [0.717, 1.165) is 6.08 Å². The second-order valence-corrected chi connectivity index (χ2v) is 5.83. The predicted molar refractivity (Wildman–Crippen MR) is 93.2 cm³/mol. The molecule has 3 nitrogen and oxygen atoms in total. The van der Waals surface area contributed by atoms with E-state index in [-0.39, 0.29) is 23.8 Å². The highest BCUT2D eigenvalue weighted by Gasteiger charge is 2.37. The Morgan fingerprint density at radius 1 is 0.897 bits per heavy atom. The molecule has 9 heteroatoms. The van der Waals surface area contributed by atoms with Crippen molar-refractivity contribution in [3.05, 3.63) is 70.8 Å². The lowest BCUT2D eigenvalue weighted by Gasteiger charge is -2.16. The third-order valence-corrected chi connectivity index (χ3v) is 3.85. The first-order chi connectivity index (χ1) is 13.5. The molecule has 0 aliphatic heterocycles. The summed E-state index contributed by atoms with van der Waals surface area (Å²) in [6.45, 7) is 1.51. The average Bonchev–Trinajstić information content (AvgIpc) is 2.65. The second kappa shape index (κ2) is 8.59. The number of ether oxygens (including phenoxy) is 2. The van der Waals surface area contributed by atoms with Gasteiger partial charge in [-0.2, -0.15) is 26.3 Å². The van der Waals surface area contributed by atoms with Crippen molar-refractivity contribution in [1.82, 2.24) is 0 Å². The molecule has 0 saturated carbocycles. The van der Waals surface area contributed by atoms with Crippen LogP contribution in [0.25, 0.3) is 5.57 Å². The largest absolute Gasteiger partial charge is 0.497 e. The van der Waals surface area contributed by atoms with Crippen LogP contribution >= 0.6 is 0 Å². The van der Waals surface area contributed by atoms with Gasteiger partial charge in [-0.1, -0.05) is 12.1 Å². The molecular weight excluding hydrogens is 402 g/mol. The molecule has 0 bridgehead atoms. The highest BCUT2D eigenvalue weighted by atomic mass is 19.4. The highest BCUT2D eigenvalue weighted by molar-refractivity contribution is 5.96. The summed E-state index contributed by atoms with van der Waals surface area (Å²) in [7, 11) is 1.40. The van der Waals surface area contributed by atoms with Crippen molar-refractivity contribution in [2.75, 3.05) is 13.7 Å². The van der Waals surface area contributed by atoms with Crippen LogP contribution in [0.5, 0.6) is 5.75 Å². The minimum absolute atomic E-state index is 0.0123. The Bertz CT molecular complexity index is 864. The number of carbonyl (C=O) groups is 1. The van der Waals surface area contributed by atoms with Gasteiger partial charge in [-0.05, 0) is 54.0 Å². The topological polar surface area (TPSA) is 35.5 Å². The number of esters is 1. The van der Waals surface area contributed by atoms with Crippen LogP contribution in [0.4, 0.5) is 26.3 Å². The van der Waals surface area contributed by atoms with Crippen LogP contribution in [-0.4, -0.2) is 19.7 Å². The maximum absolute atomic E-state index is 13.2. The molecule has 0 unspecified atom stereocenters. The van der Waals surface area contributed by atoms with Gasteiger partial charge in [0, 0.05) is 6.08 Å². The van der Waals surface area contributed by atoms with E-state index < -0.39 is 35.0 Å². The molecule has 0 spiro atoms. The summed E-state index contributed by atoms with van der Waals surface area (Å²) in [5, 5.41) is 0. The van der Waals surface area contributed by atoms with E-state index in [4.69, 9.17) is 9.47 Å². The number of hydrogen-bond acceptors (Lipinski definition) is 3. The van der Waals surface area contributed by atoms with Gasteiger partial charge in [0.25, 0.3) is 0 Å². The second-order valence-electron chi connectivity index (χ2n) is 5.83. The van der Waals surface area contributed by atoms with Crippen LogP contribution in [0.3, 0.4) is 0 Å². The minimum atomic E-state index is -5.01. The zero-order chi connectivity index (χ0) is 21.8. The summed E-state index contributed by atoms with van der Waals surface area (Å²) in [4.78, 5) is 11.9. The SMILES string of the molecule is CCOC(=O)/C=C(\c1ccc(OC)cc1)c1cc(C(F)(F)F)cc(C(F)(F)F)c1. The molecule has 29 heavy (non-hydrogen) atoms. The lowest BCUT2D eigenvalue weighted by molar-refractivity contribution is -0.143. The fourth-order valence-electron chi connectivity index (χ4n) is 2.52. The number of rotatable bonds is 5. The first kappa shape index (κ1) is 22.3. The fourth-order valence-corrected chi connectivity index (χ4v) is 2.52. The van der Waals surface area contributed by atoms with Gasteiger partial charge in [-0.25, -0.2) is 4.79 Å². The van der Waals surface area contributed by atoms with Crippen molar-refractivity contribution in [1.29, 1.82) is 0 Å². The Kier molecular flexibility index (Phi) is 6.61. The Morgan fingerprint density at radius 3 is 1.83 bits per heavy atom. The Labute approximate surface area is 162 Å². The molecule has 0 aliphatic carbocycles. The van der Waals surface area contributed by atoms with Crippen LogP contribution in [0.15, 0.2) is 48.5 Å². The van der Waals surface area contributed by atoms with E-state index >= 15 is 0 Å². The number of methoxy groups -OCH3 is 1. The summed E-state index contributed by atoms with van der Waals surface area (Å²) in [5.41, 5.74) is -3.32. The summed E-state index contributed by atoms with van der Waals surface area (Å²) in [5.74, 6) is -0.478. The van der Waals surface area contributed by atoms with Crippen LogP contribution < -0.4 is 4.74 Å². The first-order valence-electron chi connectivity index (χ1n) is 8.28. The van der Waals surface area contributed by atoms with Gasteiger partial charge in [0.2, 0.25) is 0 Å². The van der Waals surface area contributed by atoms with E-state index in [1.54, 1.807) is 0 Å². The van der Waals surface area contributed by atoms with Crippen molar-refractivity contribution < 1.29 is 40.6 Å². The Morgan fingerprint density at radius 2 is 1.41 bits per heavy atom. The van der Waals surface area contributed by atoms with Crippen LogP contribution in [0.2, 0.25) is 0 Å². The van der Waals surface area contributed by atoms with Crippen molar-refractivity contribution >= 4 is 11.5 Å². The molecule has 0 radical (unpaired) electrons. The fraction of sp³-hybridized carbons (Fsp3) is 0.250. The quantitative estimate of drug-likeness (QED) is 0.354. The Balaban J connectivity index is 2.73. The summed E-state index contributed by atoms with van der Waals surface area (Å²) in [6, 6.07) is 6.91. The third-order valence-electron chi connectivity index (χ3n) is 3.85. The van der Waals surface area contributed by atoms with Gasteiger partial charge in [-0.15, -0.1) is 0 Å². The molecule has 0 aromatic heterocycles. The molecule has 0 fully saturated rings. The maximum Gasteiger partial charge on any atom is 0.416 e. The molecule has 0 amide bonds. The smallest absolute Gasteiger partial charge is 0.416 e. The third kappa shape index (κ3) is 5.75. The lowest BCUT2D eigenvalue weighted by Crippen LogP contribution is -2.12. The molecule has 0 saturated heterocycles. The predicted octanol–water partition coefficient (Wildman–Crippen LogP) is 5.73. The zero-order valence-electron chi connectivity index (χ0n) is 15.3. The Hall–Kier alpha value is -2.97. The molecule has 156 valence electrons. The van der Waals surface area contributed by atoms with E-state index in [0.29, 0.717) is 17.9 Å². The number of carbonyl (C=O) groups excluding carboxylic acids is 1. The van der Waals surface area contributed by atoms with Crippen LogP contribution in [0, 0.1) is 0 Å². The van der Waals surface area contributed by atoms with E-state index in [9.17, 15) is 31.1 Å². The molecule has 0 atom stereocenters. The zero-order valence-corrected chi connectivity index (χ0v) is 15.3. The van der Waals surface area contributed by atoms with Gasteiger partial charge in [0.05, 0.1) is 24.8 Å².